The molecule has 1 aliphatic rings. The van der Waals surface area contributed by atoms with Crippen LogP contribution in [0, 0.1) is 0 Å². The lowest BCUT2D eigenvalue weighted by Gasteiger charge is -2.38. The summed E-state index contributed by atoms with van der Waals surface area (Å²) in [5.74, 6) is 0.105. The second-order valence-corrected chi connectivity index (χ2v) is 9.94. The molecule has 0 aromatic heterocycles. The number of ether oxygens (including phenoxy) is 2. The Hall–Kier alpha value is -1.47. The molecule has 1 aromatic carbocycles. The van der Waals surface area contributed by atoms with Gasteiger partial charge in [0.1, 0.15) is 24.4 Å². The van der Waals surface area contributed by atoms with Crippen LogP contribution in [-0.2, 0) is 19.3 Å². The second-order valence-electron chi connectivity index (χ2n) is 8.76. The van der Waals surface area contributed by atoms with Gasteiger partial charge in [0, 0.05) is 0 Å². The maximum atomic E-state index is 12.4. The van der Waals surface area contributed by atoms with Gasteiger partial charge in [0.15, 0.2) is 11.5 Å². The molecule has 1 aromatic rings. The van der Waals surface area contributed by atoms with Crippen molar-refractivity contribution in [3.63, 3.8) is 0 Å². The average Bonchev–Trinajstić information content (AvgIpc) is 2.83. The summed E-state index contributed by atoms with van der Waals surface area (Å²) >= 11 is 0. The molecule has 202 valence electrons. The van der Waals surface area contributed by atoms with E-state index in [0.29, 0.717) is 6.61 Å². The molecule has 0 saturated carbocycles. The van der Waals surface area contributed by atoms with Gasteiger partial charge in [-0.2, -0.15) is 8.42 Å². The largest absolute Gasteiger partial charge is 0.490 e. The lowest BCUT2D eigenvalue weighted by molar-refractivity contribution is -0.277. The molecule has 1 fully saturated rings. The van der Waals surface area contributed by atoms with Gasteiger partial charge in [-0.15, -0.1) is 0 Å². The van der Waals surface area contributed by atoms with Crippen LogP contribution in [0.2, 0.25) is 0 Å². The minimum absolute atomic E-state index is 0.107. The Labute approximate surface area is 208 Å². The van der Waals surface area contributed by atoms with Gasteiger partial charge in [-0.1, -0.05) is 76.8 Å². The zero-order valence-electron chi connectivity index (χ0n) is 20.3. The Kier molecular flexibility index (Phi) is 13.3. The van der Waals surface area contributed by atoms with Crippen molar-refractivity contribution in [3.05, 3.63) is 24.3 Å². The van der Waals surface area contributed by atoms with Crippen LogP contribution in [0.4, 0.5) is 0 Å². The van der Waals surface area contributed by atoms with E-state index in [0.717, 1.165) is 19.3 Å². The molecule has 1 heterocycles. The van der Waals surface area contributed by atoms with Gasteiger partial charge in [0.25, 0.3) is 0 Å². The van der Waals surface area contributed by atoms with E-state index in [2.05, 4.69) is 6.92 Å². The molecule has 0 amide bonds. The van der Waals surface area contributed by atoms with Gasteiger partial charge >= 0.3 is 10.4 Å². The number of hydrogen-bond donors (Lipinski definition) is 4. The van der Waals surface area contributed by atoms with Gasteiger partial charge in [-0.3, -0.25) is 0 Å². The fourth-order valence-corrected chi connectivity index (χ4v) is 4.59. The van der Waals surface area contributed by atoms with E-state index < -0.39 is 47.7 Å². The first kappa shape index (κ1) is 29.8. The van der Waals surface area contributed by atoms with Crippen molar-refractivity contribution in [2.75, 3.05) is 13.2 Å². The van der Waals surface area contributed by atoms with Gasteiger partial charge in [-0.25, -0.2) is 4.18 Å². The summed E-state index contributed by atoms with van der Waals surface area (Å²) in [5.41, 5.74) is 0. The van der Waals surface area contributed by atoms with E-state index in [9.17, 15) is 28.8 Å². The highest BCUT2D eigenvalue weighted by Gasteiger charge is 2.46. The zero-order chi connectivity index (χ0) is 25.7. The molecule has 0 spiro atoms. The fraction of sp³-hybridized carbons (Fsp3) is 0.750. The highest BCUT2D eigenvalue weighted by Crippen LogP contribution is 2.30. The highest BCUT2D eigenvalue weighted by molar-refractivity contribution is 7.82. The van der Waals surface area contributed by atoms with Gasteiger partial charge in [0.2, 0.25) is 6.29 Å². The Morgan fingerprint density at radius 2 is 1.40 bits per heavy atom. The quantitative estimate of drug-likeness (QED) is 0.225. The normalized spacial score (nSPS) is 24.9. The summed E-state index contributed by atoms with van der Waals surface area (Å²) in [5, 5.41) is 38.8. The molecule has 0 radical (unpaired) electrons. The molecular weight excluding hydrogens is 480 g/mol. The fourth-order valence-electron chi connectivity index (χ4n) is 3.80. The number of aliphatic hydroxyl groups is 4. The molecule has 1 aliphatic heterocycles. The van der Waals surface area contributed by atoms with Gasteiger partial charge in [-0.05, 0) is 18.6 Å². The molecule has 4 N–H and O–H groups in total. The Morgan fingerprint density at radius 3 is 2.00 bits per heavy atom. The predicted octanol–water partition coefficient (Wildman–Crippen LogP) is 2.43. The third-order valence-corrected chi connectivity index (χ3v) is 6.67. The molecule has 10 nitrogen and oxygen atoms in total. The Bertz CT molecular complexity index is 816. The van der Waals surface area contributed by atoms with Crippen LogP contribution in [-0.4, -0.2) is 72.8 Å². The standard InChI is InChI=1S/C24H40O10S/c1-2-3-4-5-6-7-8-9-10-13-16-31-18-14-11-12-15-19(18)33-35(29,30)34-24-23(28)22(27)21(26)20(17-25)32-24/h11-12,14-15,20-28H,2-10,13,16-17H2,1H3/t20-,21-,22+,23+,24+/m1/s1. The summed E-state index contributed by atoms with van der Waals surface area (Å²) in [6.45, 7) is 1.88. The number of benzene rings is 1. The summed E-state index contributed by atoms with van der Waals surface area (Å²) in [7, 11) is -4.76. The second kappa shape index (κ2) is 15.6. The van der Waals surface area contributed by atoms with Gasteiger partial charge in [0.05, 0.1) is 13.2 Å². The molecule has 5 atom stereocenters. The molecule has 2 rings (SSSR count). The molecule has 11 heteroatoms. The van der Waals surface area contributed by atoms with Crippen molar-refractivity contribution < 1.29 is 46.7 Å². The third kappa shape index (κ3) is 10.2. The lowest BCUT2D eigenvalue weighted by Crippen LogP contribution is -2.59. The Balaban J connectivity index is 1.78. The first-order valence-corrected chi connectivity index (χ1v) is 13.8. The van der Waals surface area contributed by atoms with Crippen LogP contribution in [0.5, 0.6) is 11.5 Å². The van der Waals surface area contributed by atoms with Crippen molar-refractivity contribution >= 4 is 10.4 Å². The monoisotopic (exact) mass is 520 g/mol. The smallest absolute Gasteiger partial charge is 0.451 e. The van der Waals surface area contributed by atoms with Crippen LogP contribution < -0.4 is 8.92 Å². The minimum atomic E-state index is -4.76. The maximum absolute atomic E-state index is 12.4. The summed E-state index contributed by atoms with van der Waals surface area (Å²) in [4.78, 5) is 0. The van der Waals surface area contributed by atoms with Crippen molar-refractivity contribution in [2.24, 2.45) is 0 Å². The van der Waals surface area contributed by atoms with Crippen LogP contribution in [0.1, 0.15) is 71.1 Å². The molecule has 0 unspecified atom stereocenters. The number of rotatable bonds is 17. The van der Waals surface area contributed by atoms with Crippen LogP contribution >= 0.6 is 0 Å². The van der Waals surface area contributed by atoms with Crippen molar-refractivity contribution in [1.29, 1.82) is 0 Å². The average molecular weight is 521 g/mol. The molecule has 0 aliphatic carbocycles. The predicted molar refractivity (Wildman–Crippen MR) is 128 cm³/mol. The SMILES string of the molecule is CCCCCCCCCCCCOc1ccccc1OS(=O)(=O)O[C@@H]1O[C@H](CO)[C@@H](O)[C@H](O)[C@@H]1O. The van der Waals surface area contributed by atoms with E-state index in [1.165, 1.54) is 51.0 Å². The van der Waals surface area contributed by atoms with Crippen molar-refractivity contribution in [3.8, 4) is 11.5 Å². The van der Waals surface area contributed by atoms with Crippen molar-refractivity contribution in [1.82, 2.24) is 0 Å². The lowest BCUT2D eigenvalue weighted by atomic mass is 10.00. The summed E-state index contributed by atoms with van der Waals surface area (Å²) in [6.07, 6.45) is 3.35. The third-order valence-electron chi connectivity index (χ3n) is 5.86. The first-order chi connectivity index (χ1) is 16.8. The van der Waals surface area contributed by atoms with E-state index in [1.807, 2.05) is 0 Å². The molecule has 0 bridgehead atoms. The van der Waals surface area contributed by atoms with Crippen LogP contribution in [0.25, 0.3) is 0 Å². The van der Waals surface area contributed by atoms with Crippen LogP contribution in [0.15, 0.2) is 24.3 Å². The summed E-state index contributed by atoms with van der Waals surface area (Å²) in [6, 6.07) is 6.19. The molecular formula is C24H40O10S. The van der Waals surface area contributed by atoms with Crippen molar-refractivity contribution in [2.45, 2.75) is 102 Å². The number of aliphatic hydroxyl groups excluding tert-OH is 4. The summed E-state index contributed by atoms with van der Waals surface area (Å²) < 4.78 is 45.3. The molecule has 35 heavy (non-hydrogen) atoms. The van der Waals surface area contributed by atoms with Gasteiger partial charge < -0.3 is 34.1 Å². The highest BCUT2D eigenvalue weighted by atomic mass is 32.3. The number of unbranched alkanes of at least 4 members (excludes halogenated alkanes) is 9. The maximum Gasteiger partial charge on any atom is 0.451 e. The topological polar surface area (TPSA) is 152 Å². The zero-order valence-corrected chi connectivity index (χ0v) is 21.1. The number of hydrogen-bond acceptors (Lipinski definition) is 10. The van der Waals surface area contributed by atoms with E-state index in [1.54, 1.807) is 18.2 Å². The Morgan fingerprint density at radius 1 is 0.829 bits per heavy atom. The minimum Gasteiger partial charge on any atom is -0.490 e. The molecule has 1 saturated heterocycles. The van der Waals surface area contributed by atoms with E-state index in [-0.39, 0.29) is 11.5 Å². The van der Waals surface area contributed by atoms with Crippen LogP contribution in [0.3, 0.4) is 0 Å². The first-order valence-electron chi connectivity index (χ1n) is 12.4. The van der Waals surface area contributed by atoms with E-state index >= 15 is 0 Å². The van der Waals surface area contributed by atoms with E-state index in [4.69, 9.17) is 17.8 Å². The number of para-hydroxylation sites is 2.